The molecule has 30 heavy (non-hydrogen) atoms. The standard InChI is InChI=1S/C25H26N4O/c1-16-6-8-18(9-7-16)24(30)27-19-12-10-17(11-13-19)20-14-22(25(2,3)4)28-23-21(20)15-26-29(23)5/h6-15H,1-5H3,(H,27,30). The minimum atomic E-state index is -0.115. The van der Waals surface area contributed by atoms with E-state index in [2.05, 4.69) is 37.3 Å². The second-order valence-corrected chi connectivity index (χ2v) is 8.71. The quantitative estimate of drug-likeness (QED) is 0.496. The average molecular weight is 399 g/mol. The monoisotopic (exact) mass is 398 g/mol. The van der Waals surface area contributed by atoms with Crippen molar-refractivity contribution < 1.29 is 4.79 Å². The van der Waals surface area contributed by atoms with Crippen molar-refractivity contribution >= 4 is 22.6 Å². The van der Waals surface area contributed by atoms with Gasteiger partial charge in [-0.05, 0) is 48.4 Å². The predicted octanol–water partition coefficient (Wildman–Crippen LogP) is 5.49. The first-order valence-electron chi connectivity index (χ1n) is 10.0. The number of amides is 1. The number of nitrogens with zero attached hydrogens (tertiary/aromatic N) is 3. The maximum absolute atomic E-state index is 12.5. The maximum atomic E-state index is 12.5. The molecule has 0 radical (unpaired) electrons. The Hall–Kier alpha value is -3.47. The lowest BCUT2D eigenvalue weighted by Gasteiger charge is -2.19. The van der Waals surface area contributed by atoms with E-state index in [1.165, 1.54) is 0 Å². The van der Waals surface area contributed by atoms with Gasteiger partial charge in [0.2, 0.25) is 0 Å². The molecule has 5 heteroatoms. The van der Waals surface area contributed by atoms with Crippen LogP contribution in [0.4, 0.5) is 5.69 Å². The second-order valence-electron chi connectivity index (χ2n) is 8.71. The van der Waals surface area contributed by atoms with E-state index < -0.39 is 0 Å². The lowest BCUT2D eigenvalue weighted by atomic mass is 9.89. The molecule has 2 heterocycles. The number of benzene rings is 2. The molecular weight excluding hydrogens is 372 g/mol. The van der Waals surface area contributed by atoms with E-state index in [0.717, 1.165) is 39.1 Å². The minimum absolute atomic E-state index is 0.0742. The Morgan fingerprint density at radius 3 is 2.30 bits per heavy atom. The second kappa shape index (κ2) is 7.41. The summed E-state index contributed by atoms with van der Waals surface area (Å²) in [6.45, 7) is 8.48. The fraction of sp³-hybridized carbons (Fsp3) is 0.240. The molecule has 0 unspecified atom stereocenters. The highest BCUT2D eigenvalue weighted by Gasteiger charge is 2.20. The number of fused-ring (bicyclic) bond motifs is 1. The zero-order chi connectivity index (χ0) is 21.5. The van der Waals surface area contributed by atoms with E-state index in [0.29, 0.717) is 5.56 Å². The van der Waals surface area contributed by atoms with Gasteiger partial charge in [0.1, 0.15) is 0 Å². The van der Waals surface area contributed by atoms with Gasteiger partial charge in [0, 0.05) is 34.8 Å². The van der Waals surface area contributed by atoms with Crippen molar-refractivity contribution in [3.63, 3.8) is 0 Å². The van der Waals surface area contributed by atoms with Gasteiger partial charge in [0.25, 0.3) is 5.91 Å². The largest absolute Gasteiger partial charge is 0.322 e. The van der Waals surface area contributed by atoms with Gasteiger partial charge in [-0.25, -0.2) is 4.98 Å². The average Bonchev–Trinajstić information content (AvgIpc) is 3.09. The molecule has 1 N–H and O–H groups in total. The molecule has 0 saturated carbocycles. The highest BCUT2D eigenvalue weighted by molar-refractivity contribution is 6.04. The van der Waals surface area contributed by atoms with Gasteiger partial charge in [-0.2, -0.15) is 5.10 Å². The zero-order valence-electron chi connectivity index (χ0n) is 18.0. The fourth-order valence-electron chi connectivity index (χ4n) is 3.38. The number of aryl methyl sites for hydroxylation is 2. The Kier molecular flexibility index (Phi) is 4.90. The first kappa shape index (κ1) is 19.8. The van der Waals surface area contributed by atoms with Crippen molar-refractivity contribution in [2.75, 3.05) is 5.32 Å². The number of aromatic nitrogens is 3. The number of hydrogen-bond donors (Lipinski definition) is 1. The number of carbonyl (C=O) groups excluding carboxylic acids is 1. The van der Waals surface area contributed by atoms with E-state index in [1.54, 1.807) is 0 Å². The van der Waals surface area contributed by atoms with Crippen LogP contribution in [0.2, 0.25) is 0 Å². The van der Waals surface area contributed by atoms with Crippen LogP contribution in [0.1, 0.15) is 42.4 Å². The normalized spacial score (nSPS) is 11.6. The van der Waals surface area contributed by atoms with Crippen LogP contribution < -0.4 is 5.32 Å². The summed E-state index contributed by atoms with van der Waals surface area (Å²) < 4.78 is 1.81. The Morgan fingerprint density at radius 2 is 1.67 bits per heavy atom. The molecule has 0 aliphatic heterocycles. The van der Waals surface area contributed by atoms with E-state index >= 15 is 0 Å². The Morgan fingerprint density at radius 1 is 1.00 bits per heavy atom. The van der Waals surface area contributed by atoms with Gasteiger partial charge in [-0.3, -0.25) is 9.48 Å². The van der Waals surface area contributed by atoms with Gasteiger partial charge >= 0.3 is 0 Å². The van der Waals surface area contributed by atoms with Gasteiger partial charge in [0.15, 0.2) is 5.65 Å². The van der Waals surface area contributed by atoms with Crippen LogP contribution in [0, 0.1) is 6.92 Å². The van der Waals surface area contributed by atoms with E-state index in [1.807, 2.05) is 73.4 Å². The van der Waals surface area contributed by atoms with Crippen molar-refractivity contribution in [2.24, 2.45) is 7.05 Å². The van der Waals surface area contributed by atoms with Crippen molar-refractivity contribution in [3.05, 3.63) is 77.6 Å². The number of carbonyl (C=O) groups is 1. The van der Waals surface area contributed by atoms with Crippen molar-refractivity contribution in [3.8, 4) is 11.1 Å². The number of pyridine rings is 1. The van der Waals surface area contributed by atoms with Crippen LogP contribution in [-0.4, -0.2) is 20.7 Å². The number of anilines is 1. The topological polar surface area (TPSA) is 59.8 Å². The molecule has 4 rings (SSSR count). The van der Waals surface area contributed by atoms with Crippen LogP contribution in [0.15, 0.2) is 60.8 Å². The van der Waals surface area contributed by atoms with E-state index in [4.69, 9.17) is 4.98 Å². The number of hydrogen-bond acceptors (Lipinski definition) is 3. The molecule has 2 aromatic heterocycles. The molecule has 0 aliphatic carbocycles. The lowest BCUT2D eigenvalue weighted by Crippen LogP contribution is -2.14. The van der Waals surface area contributed by atoms with Crippen LogP contribution >= 0.6 is 0 Å². The van der Waals surface area contributed by atoms with Crippen molar-refractivity contribution in [2.45, 2.75) is 33.1 Å². The summed E-state index contributed by atoms with van der Waals surface area (Å²) in [6, 6.07) is 17.6. The molecular formula is C25H26N4O. The van der Waals surface area contributed by atoms with Gasteiger partial charge in [-0.1, -0.05) is 50.6 Å². The van der Waals surface area contributed by atoms with Crippen molar-refractivity contribution in [1.29, 1.82) is 0 Å². The summed E-state index contributed by atoms with van der Waals surface area (Å²) in [6.07, 6.45) is 1.86. The van der Waals surface area contributed by atoms with Gasteiger partial charge < -0.3 is 5.32 Å². The third kappa shape index (κ3) is 3.83. The molecule has 152 valence electrons. The molecule has 1 amide bonds. The zero-order valence-corrected chi connectivity index (χ0v) is 18.0. The lowest BCUT2D eigenvalue weighted by molar-refractivity contribution is 0.102. The Balaban J connectivity index is 1.66. The van der Waals surface area contributed by atoms with Crippen LogP contribution in [0.3, 0.4) is 0 Å². The van der Waals surface area contributed by atoms with E-state index in [9.17, 15) is 4.79 Å². The predicted molar refractivity (Wildman–Crippen MR) is 122 cm³/mol. The van der Waals surface area contributed by atoms with Gasteiger partial charge in [0.05, 0.1) is 6.20 Å². The maximum Gasteiger partial charge on any atom is 0.255 e. The summed E-state index contributed by atoms with van der Waals surface area (Å²) >= 11 is 0. The molecule has 0 saturated heterocycles. The summed E-state index contributed by atoms with van der Waals surface area (Å²) in [7, 11) is 1.91. The number of nitrogens with one attached hydrogen (secondary N) is 1. The van der Waals surface area contributed by atoms with Crippen molar-refractivity contribution in [1.82, 2.24) is 14.8 Å². The van der Waals surface area contributed by atoms with Crippen LogP contribution in [0.25, 0.3) is 22.2 Å². The molecule has 4 aromatic rings. The number of rotatable bonds is 3. The first-order chi connectivity index (χ1) is 14.2. The first-order valence-corrected chi connectivity index (χ1v) is 10.0. The smallest absolute Gasteiger partial charge is 0.255 e. The fourth-order valence-corrected chi connectivity index (χ4v) is 3.38. The van der Waals surface area contributed by atoms with Crippen LogP contribution in [0.5, 0.6) is 0 Å². The summed E-state index contributed by atoms with van der Waals surface area (Å²) in [5, 5.41) is 8.38. The summed E-state index contributed by atoms with van der Waals surface area (Å²) in [5.41, 5.74) is 6.50. The SMILES string of the molecule is Cc1ccc(C(=O)Nc2ccc(-c3cc(C(C)(C)C)nc4c3cnn4C)cc2)cc1. The molecule has 5 nitrogen and oxygen atoms in total. The molecule has 0 fully saturated rings. The third-order valence-corrected chi connectivity index (χ3v) is 5.24. The Labute approximate surface area is 176 Å². The summed E-state index contributed by atoms with van der Waals surface area (Å²) in [4.78, 5) is 17.3. The third-order valence-electron chi connectivity index (χ3n) is 5.24. The highest BCUT2D eigenvalue weighted by Crippen LogP contribution is 2.33. The molecule has 0 spiro atoms. The molecule has 0 bridgehead atoms. The van der Waals surface area contributed by atoms with Crippen LogP contribution in [-0.2, 0) is 12.5 Å². The van der Waals surface area contributed by atoms with E-state index in [-0.39, 0.29) is 11.3 Å². The Bertz CT molecular complexity index is 1210. The molecule has 2 aromatic carbocycles. The molecule has 0 aliphatic rings. The minimum Gasteiger partial charge on any atom is -0.322 e. The summed E-state index contributed by atoms with van der Waals surface area (Å²) in [5.74, 6) is -0.115. The molecule has 0 atom stereocenters. The van der Waals surface area contributed by atoms with Gasteiger partial charge in [-0.15, -0.1) is 0 Å². The highest BCUT2D eigenvalue weighted by atomic mass is 16.1.